The monoisotopic (exact) mass is 191 g/mol. The van der Waals surface area contributed by atoms with Gasteiger partial charge in [-0.15, -0.1) is 0 Å². The molecule has 1 aromatic heterocycles. The first-order chi connectivity index (χ1) is 6.83. The third-order valence-electron chi connectivity index (χ3n) is 3.11. The molecule has 1 aliphatic rings. The SMILES string of the molecule is CN(c1cnccc1CN)C1CCC1. The summed E-state index contributed by atoms with van der Waals surface area (Å²) in [5.74, 6) is 0. The van der Waals surface area contributed by atoms with Crippen molar-refractivity contribution in [2.45, 2.75) is 31.8 Å². The van der Waals surface area contributed by atoms with Gasteiger partial charge in [-0.1, -0.05) is 0 Å². The minimum Gasteiger partial charge on any atom is -0.370 e. The van der Waals surface area contributed by atoms with Crippen LogP contribution in [-0.4, -0.2) is 18.1 Å². The molecule has 0 aliphatic heterocycles. The predicted molar refractivity (Wildman–Crippen MR) is 58.2 cm³/mol. The number of nitrogens with two attached hydrogens (primary N) is 1. The molecule has 1 heterocycles. The van der Waals surface area contributed by atoms with E-state index in [1.54, 1.807) is 6.20 Å². The molecule has 0 radical (unpaired) electrons. The first kappa shape index (κ1) is 9.46. The van der Waals surface area contributed by atoms with Gasteiger partial charge in [0, 0.05) is 25.8 Å². The molecule has 1 aliphatic carbocycles. The van der Waals surface area contributed by atoms with Crippen LogP contribution in [0.1, 0.15) is 24.8 Å². The van der Waals surface area contributed by atoms with Crippen LogP contribution < -0.4 is 10.6 Å². The molecule has 1 fully saturated rings. The Bertz CT molecular complexity index is 307. The molecule has 0 aromatic carbocycles. The fourth-order valence-corrected chi connectivity index (χ4v) is 1.88. The minimum atomic E-state index is 0.592. The number of rotatable bonds is 3. The Morgan fingerprint density at radius 2 is 2.36 bits per heavy atom. The topological polar surface area (TPSA) is 42.2 Å². The first-order valence-corrected chi connectivity index (χ1v) is 5.18. The van der Waals surface area contributed by atoms with E-state index in [0.29, 0.717) is 12.6 Å². The number of pyridine rings is 1. The summed E-state index contributed by atoms with van der Waals surface area (Å²) in [6, 6.07) is 2.70. The maximum atomic E-state index is 5.69. The van der Waals surface area contributed by atoms with E-state index in [1.165, 1.54) is 30.5 Å². The zero-order valence-electron chi connectivity index (χ0n) is 8.61. The van der Waals surface area contributed by atoms with Gasteiger partial charge in [0.05, 0.1) is 11.9 Å². The number of anilines is 1. The van der Waals surface area contributed by atoms with E-state index in [2.05, 4.69) is 16.9 Å². The summed E-state index contributed by atoms with van der Waals surface area (Å²) in [6.07, 6.45) is 7.68. The summed E-state index contributed by atoms with van der Waals surface area (Å²) in [5.41, 5.74) is 8.08. The first-order valence-electron chi connectivity index (χ1n) is 5.18. The smallest absolute Gasteiger partial charge is 0.0598 e. The van der Waals surface area contributed by atoms with Gasteiger partial charge in [-0.05, 0) is 30.9 Å². The van der Waals surface area contributed by atoms with E-state index in [4.69, 9.17) is 5.73 Å². The van der Waals surface area contributed by atoms with Crippen LogP contribution in [0.15, 0.2) is 18.5 Å². The van der Waals surface area contributed by atoms with Crippen molar-refractivity contribution in [2.24, 2.45) is 5.73 Å². The Kier molecular flexibility index (Phi) is 2.68. The van der Waals surface area contributed by atoms with E-state index >= 15 is 0 Å². The van der Waals surface area contributed by atoms with Gasteiger partial charge in [0.2, 0.25) is 0 Å². The van der Waals surface area contributed by atoms with Crippen molar-refractivity contribution in [2.75, 3.05) is 11.9 Å². The molecule has 76 valence electrons. The average Bonchev–Trinajstić information content (AvgIpc) is 2.15. The van der Waals surface area contributed by atoms with Crippen LogP contribution in [0, 0.1) is 0 Å². The Hall–Kier alpha value is -1.09. The fourth-order valence-electron chi connectivity index (χ4n) is 1.88. The maximum Gasteiger partial charge on any atom is 0.0598 e. The second-order valence-electron chi connectivity index (χ2n) is 3.90. The van der Waals surface area contributed by atoms with E-state index in [1.807, 2.05) is 12.3 Å². The Balaban J connectivity index is 2.20. The fraction of sp³-hybridized carbons (Fsp3) is 0.545. The highest BCUT2D eigenvalue weighted by Gasteiger charge is 2.23. The van der Waals surface area contributed by atoms with E-state index in [-0.39, 0.29) is 0 Å². The minimum absolute atomic E-state index is 0.592. The zero-order valence-corrected chi connectivity index (χ0v) is 8.61. The van der Waals surface area contributed by atoms with Gasteiger partial charge < -0.3 is 10.6 Å². The van der Waals surface area contributed by atoms with Gasteiger partial charge in [-0.3, -0.25) is 4.98 Å². The molecule has 2 rings (SSSR count). The molecule has 14 heavy (non-hydrogen) atoms. The molecule has 0 spiro atoms. The van der Waals surface area contributed by atoms with Crippen LogP contribution in [0.4, 0.5) is 5.69 Å². The van der Waals surface area contributed by atoms with Gasteiger partial charge in [-0.2, -0.15) is 0 Å². The summed E-state index contributed by atoms with van der Waals surface area (Å²) in [4.78, 5) is 6.48. The summed E-state index contributed by atoms with van der Waals surface area (Å²) < 4.78 is 0. The van der Waals surface area contributed by atoms with Crippen LogP contribution >= 0.6 is 0 Å². The second kappa shape index (κ2) is 3.96. The van der Waals surface area contributed by atoms with Crippen molar-refractivity contribution >= 4 is 5.69 Å². The Morgan fingerprint density at radius 3 is 2.93 bits per heavy atom. The lowest BCUT2D eigenvalue weighted by atomic mass is 9.91. The Morgan fingerprint density at radius 1 is 1.57 bits per heavy atom. The zero-order chi connectivity index (χ0) is 9.97. The van der Waals surface area contributed by atoms with Gasteiger partial charge in [0.25, 0.3) is 0 Å². The van der Waals surface area contributed by atoms with Gasteiger partial charge in [0.15, 0.2) is 0 Å². The highest BCUT2D eigenvalue weighted by Crippen LogP contribution is 2.29. The molecule has 1 saturated carbocycles. The van der Waals surface area contributed by atoms with Crippen LogP contribution in [-0.2, 0) is 6.54 Å². The number of nitrogens with zero attached hydrogens (tertiary/aromatic N) is 2. The normalized spacial score (nSPS) is 16.4. The number of aromatic nitrogens is 1. The maximum absolute atomic E-state index is 5.69. The molecule has 3 nitrogen and oxygen atoms in total. The van der Waals surface area contributed by atoms with Crippen LogP contribution in [0.25, 0.3) is 0 Å². The van der Waals surface area contributed by atoms with Crippen molar-refractivity contribution in [3.8, 4) is 0 Å². The largest absolute Gasteiger partial charge is 0.370 e. The molecule has 0 saturated heterocycles. The van der Waals surface area contributed by atoms with Gasteiger partial charge >= 0.3 is 0 Å². The van der Waals surface area contributed by atoms with E-state index in [0.717, 1.165) is 0 Å². The Labute approximate surface area is 84.9 Å². The van der Waals surface area contributed by atoms with Crippen molar-refractivity contribution in [3.63, 3.8) is 0 Å². The molecule has 0 unspecified atom stereocenters. The molecular formula is C11H17N3. The van der Waals surface area contributed by atoms with Crippen molar-refractivity contribution in [3.05, 3.63) is 24.0 Å². The third kappa shape index (κ3) is 1.60. The van der Waals surface area contributed by atoms with Gasteiger partial charge in [-0.25, -0.2) is 0 Å². The quantitative estimate of drug-likeness (QED) is 0.787. The molecule has 2 N–H and O–H groups in total. The molecule has 0 bridgehead atoms. The van der Waals surface area contributed by atoms with Crippen molar-refractivity contribution in [1.29, 1.82) is 0 Å². The molecular weight excluding hydrogens is 174 g/mol. The standard InChI is InChI=1S/C11H17N3/c1-14(10-3-2-4-10)11-8-13-6-5-9(11)7-12/h5-6,8,10H,2-4,7,12H2,1H3. The second-order valence-corrected chi connectivity index (χ2v) is 3.90. The average molecular weight is 191 g/mol. The lowest BCUT2D eigenvalue weighted by molar-refractivity contribution is 0.400. The van der Waals surface area contributed by atoms with Crippen LogP contribution in [0.2, 0.25) is 0 Å². The third-order valence-corrected chi connectivity index (χ3v) is 3.11. The summed E-state index contributed by atoms with van der Waals surface area (Å²) >= 11 is 0. The molecule has 3 heteroatoms. The summed E-state index contributed by atoms with van der Waals surface area (Å²) in [6.45, 7) is 0.592. The lowest BCUT2D eigenvalue weighted by Crippen LogP contribution is -2.37. The molecule has 1 aromatic rings. The highest BCUT2D eigenvalue weighted by atomic mass is 15.1. The van der Waals surface area contributed by atoms with Crippen LogP contribution in [0.5, 0.6) is 0 Å². The van der Waals surface area contributed by atoms with E-state index in [9.17, 15) is 0 Å². The van der Waals surface area contributed by atoms with E-state index < -0.39 is 0 Å². The summed E-state index contributed by atoms with van der Waals surface area (Å²) in [5, 5.41) is 0. The molecule has 0 amide bonds. The van der Waals surface area contributed by atoms with Crippen LogP contribution in [0.3, 0.4) is 0 Å². The van der Waals surface area contributed by atoms with Gasteiger partial charge in [0.1, 0.15) is 0 Å². The van der Waals surface area contributed by atoms with Crippen molar-refractivity contribution < 1.29 is 0 Å². The highest BCUT2D eigenvalue weighted by molar-refractivity contribution is 5.52. The predicted octanol–water partition coefficient (Wildman–Crippen LogP) is 1.53. The number of hydrogen-bond acceptors (Lipinski definition) is 3. The number of hydrogen-bond donors (Lipinski definition) is 1. The summed E-state index contributed by atoms with van der Waals surface area (Å²) in [7, 11) is 2.14. The molecule has 0 atom stereocenters. The lowest BCUT2D eigenvalue weighted by Gasteiger charge is -2.37. The van der Waals surface area contributed by atoms with Crippen molar-refractivity contribution in [1.82, 2.24) is 4.98 Å².